The molecule has 1 aliphatic rings. The Labute approximate surface area is 133 Å². The predicted molar refractivity (Wildman–Crippen MR) is 86.0 cm³/mol. The van der Waals surface area contributed by atoms with E-state index in [2.05, 4.69) is 0 Å². The molecule has 1 aliphatic heterocycles. The summed E-state index contributed by atoms with van der Waals surface area (Å²) in [5.41, 5.74) is 0.897. The molecule has 0 spiro atoms. The fraction of sp³-hybridized carbons (Fsp3) is 0.235. The molecule has 0 fully saturated rings. The van der Waals surface area contributed by atoms with Gasteiger partial charge in [0.1, 0.15) is 0 Å². The summed E-state index contributed by atoms with van der Waals surface area (Å²) < 4.78 is 18.9. The van der Waals surface area contributed by atoms with Gasteiger partial charge in [-0.3, -0.25) is 4.79 Å². The van der Waals surface area contributed by atoms with Crippen LogP contribution in [0.25, 0.3) is 0 Å². The lowest BCUT2D eigenvalue weighted by atomic mass is 10.2. The number of fused-ring (bicyclic) bond motifs is 1. The zero-order valence-corrected chi connectivity index (χ0v) is 13.0. The van der Waals surface area contributed by atoms with E-state index in [-0.39, 0.29) is 24.3 Å². The van der Waals surface area contributed by atoms with Gasteiger partial charge in [0.05, 0.1) is 5.69 Å². The lowest BCUT2D eigenvalue weighted by Gasteiger charge is -2.34. The molecule has 1 atom stereocenters. The molecule has 0 saturated carbocycles. The van der Waals surface area contributed by atoms with E-state index in [0.29, 0.717) is 0 Å². The standard InChI is InChI=1S/C17H16FNO2S/c1-12-11-22-16-9-5-3-7-14(16)19(12)17(20)10-21-15-8-4-2-6-13(15)18/h2-9,12H,10-11H2,1H3. The Morgan fingerprint density at radius 3 is 2.82 bits per heavy atom. The minimum Gasteiger partial charge on any atom is -0.481 e. The topological polar surface area (TPSA) is 29.5 Å². The number of benzene rings is 2. The zero-order valence-electron chi connectivity index (χ0n) is 12.2. The molecular weight excluding hydrogens is 301 g/mol. The van der Waals surface area contributed by atoms with Crippen molar-refractivity contribution in [2.24, 2.45) is 0 Å². The van der Waals surface area contributed by atoms with E-state index in [9.17, 15) is 9.18 Å². The van der Waals surface area contributed by atoms with Crippen molar-refractivity contribution in [2.45, 2.75) is 17.9 Å². The Kier molecular flexibility index (Phi) is 4.34. The van der Waals surface area contributed by atoms with Crippen LogP contribution in [0.2, 0.25) is 0 Å². The molecule has 3 nitrogen and oxygen atoms in total. The molecule has 5 heteroatoms. The normalized spacial score (nSPS) is 17.0. The molecule has 0 bridgehead atoms. The minimum atomic E-state index is -0.460. The molecule has 0 N–H and O–H groups in total. The Morgan fingerprint density at radius 2 is 2.00 bits per heavy atom. The summed E-state index contributed by atoms with van der Waals surface area (Å²) in [4.78, 5) is 15.4. The number of carbonyl (C=O) groups excluding carboxylic acids is 1. The van der Waals surface area contributed by atoms with Crippen LogP contribution < -0.4 is 9.64 Å². The number of hydrogen-bond acceptors (Lipinski definition) is 3. The molecule has 22 heavy (non-hydrogen) atoms. The zero-order chi connectivity index (χ0) is 15.5. The van der Waals surface area contributed by atoms with E-state index in [1.807, 2.05) is 31.2 Å². The highest BCUT2D eigenvalue weighted by Crippen LogP contribution is 2.37. The van der Waals surface area contributed by atoms with Gasteiger partial charge in [-0.15, -0.1) is 11.8 Å². The summed E-state index contributed by atoms with van der Waals surface area (Å²) in [6.45, 7) is 1.83. The van der Waals surface area contributed by atoms with E-state index in [1.165, 1.54) is 12.1 Å². The summed E-state index contributed by atoms with van der Waals surface area (Å²) in [5.74, 6) is 0.312. The van der Waals surface area contributed by atoms with E-state index in [0.717, 1.165) is 16.3 Å². The predicted octanol–water partition coefficient (Wildman–Crippen LogP) is 3.73. The second-order valence-corrected chi connectivity index (χ2v) is 6.17. The number of anilines is 1. The number of halogens is 1. The van der Waals surface area contributed by atoms with Crippen molar-refractivity contribution in [1.82, 2.24) is 0 Å². The molecular formula is C17H16FNO2S. The monoisotopic (exact) mass is 317 g/mol. The van der Waals surface area contributed by atoms with Gasteiger partial charge >= 0.3 is 0 Å². The summed E-state index contributed by atoms with van der Waals surface area (Å²) in [7, 11) is 0. The first-order chi connectivity index (χ1) is 10.7. The summed E-state index contributed by atoms with van der Waals surface area (Å²) in [5, 5.41) is 0. The Hall–Kier alpha value is -2.01. The van der Waals surface area contributed by atoms with Crippen LogP contribution in [0.3, 0.4) is 0 Å². The average Bonchev–Trinajstić information content (AvgIpc) is 2.53. The fourth-order valence-electron chi connectivity index (χ4n) is 2.45. The molecule has 0 aromatic heterocycles. The van der Waals surface area contributed by atoms with Gasteiger partial charge in [0.2, 0.25) is 0 Å². The summed E-state index contributed by atoms with van der Waals surface area (Å²) in [6.07, 6.45) is 0. The molecule has 1 unspecified atom stereocenters. The number of nitrogens with zero attached hydrogens (tertiary/aromatic N) is 1. The fourth-order valence-corrected chi connectivity index (χ4v) is 3.51. The van der Waals surface area contributed by atoms with E-state index in [1.54, 1.807) is 28.8 Å². The minimum absolute atomic E-state index is 0.0802. The molecule has 0 saturated heterocycles. The maximum Gasteiger partial charge on any atom is 0.265 e. The number of ether oxygens (including phenoxy) is 1. The average molecular weight is 317 g/mol. The number of carbonyl (C=O) groups is 1. The van der Waals surface area contributed by atoms with Crippen LogP contribution in [0.1, 0.15) is 6.92 Å². The highest BCUT2D eigenvalue weighted by Gasteiger charge is 2.28. The van der Waals surface area contributed by atoms with Crippen molar-refractivity contribution < 1.29 is 13.9 Å². The van der Waals surface area contributed by atoms with Gasteiger partial charge in [-0.25, -0.2) is 4.39 Å². The number of para-hydroxylation sites is 2. The first kappa shape index (κ1) is 14.9. The molecule has 1 amide bonds. The summed E-state index contributed by atoms with van der Waals surface area (Å²) in [6, 6.07) is 14.0. The van der Waals surface area contributed by atoms with Gasteiger partial charge in [0, 0.05) is 16.7 Å². The quantitative estimate of drug-likeness (QED) is 0.864. The van der Waals surface area contributed by atoms with Crippen LogP contribution in [-0.2, 0) is 4.79 Å². The van der Waals surface area contributed by atoms with E-state index >= 15 is 0 Å². The van der Waals surface area contributed by atoms with Gasteiger partial charge in [-0.1, -0.05) is 24.3 Å². The maximum atomic E-state index is 13.5. The SMILES string of the molecule is CC1CSc2ccccc2N1C(=O)COc1ccccc1F. The molecule has 1 heterocycles. The maximum absolute atomic E-state index is 13.5. The van der Waals surface area contributed by atoms with Crippen LogP contribution in [-0.4, -0.2) is 24.3 Å². The van der Waals surface area contributed by atoms with Gasteiger partial charge < -0.3 is 9.64 Å². The Bertz CT molecular complexity index is 692. The number of hydrogen-bond donors (Lipinski definition) is 0. The third kappa shape index (κ3) is 2.95. The van der Waals surface area contributed by atoms with Gasteiger partial charge in [0.15, 0.2) is 18.2 Å². The van der Waals surface area contributed by atoms with Crippen LogP contribution >= 0.6 is 11.8 Å². The van der Waals surface area contributed by atoms with Crippen molar-refractivity contribution in [3.8, 4) is 5.75 Å². The number of rotatable bonds is 3. The van der Waals surface area contributed by atoms with Crippen LogP contribution in [0.5, 0.6) is 5.75 Å². The smallest absolute Gasteiger partial charge is 0.265 e. The third-order valence-electron chi connectivity index (χ3n) is 3.50. The lowest BCUT2D eigenvalue weighted by Crippen LogP contribution is -2.44. The third-order valence-corrected chi connectivity index (χ3v) is 4.81. The Balaban J connectivity index is 1.76. The molecule has 0 aliphatic carbocycles. The van der Waals surface area contributed by atoms with Crippen LogP contribution in [0, 0.1) is 5.82 Å². The largest absolute Gasteiger partial charge is 0.481 e. The molecule has 114 valence electrons. The number of amides is 1. The second kappa shape index (κ2) is 6.40. The van der Waals surface area contributed by atoms with Crippen LogP contribution in [0.4, 0.5) is 10.1 Å². The lowest BCUT2D eigenvalue weighted by molar-refractivity contribution is -0.121. The van der Waals surface area contributed by atoms with E-state index < -0.39 is 5.82 Å². The van der Waals surface area contributed by atoms with Crippen molar-refractivity contribution in [3.05, 3.63) is 54.3 Å². The van der Waals surface area contributed by atoms with Crippen LogP contribution in [0.15, 0.2) is 53.4 Å². The van der Waals surface area contributed by atoms with Gasteiger partial charge in [-0.2, -0.15) is 0 Å². The molecule has 2 aromatic rings. The highest BCUT2D eigenvalue weighted by atomic mass is 32.2. The van der Waals surface area contributed by atoms with Crippen molar-refractivity contribution in [2.75, 3.05) is 17.3 Å². The molecule has 2 aromatic carbocycles. The first-order valence-electron chi connectivity index (χ1n) is 7.08. The molecule has 3 rings (SSSR count). The first-order valence-corrected chi connectivity index (χ1v) is 8.06. The Morgan fingerprint density at radius 1 is 1.27 bits per heavy atom. The highest BCUT2D eigenvalue weighted by molar-refractivity contribution is 7.99. The van der Waals surface area contributed by atoms with Crippen molar-refractivity contribution >= 4 is 23.4 Å². The van der Waals surface area contributed by atoms with Gasteiger partial charge in [-0.05, 0) is 31.2 Å². The second-order valence-electron chi connectivity index (χ2n) is 5.11. The van der Waals surface area contributed by atoms with Crippen molar-refractivity contribution in [1.29, 1.82) is 0 Å². The van der Waals surface area contributed by atoms with Crippen molar-refractivity contribution in [3.63, 3.8) is 0 Å². The number of thioether (sulfide) groups is 1. The summed E-state index contributed by atoms with van der Waals surface area (Å²) >= 11 is 1.74. The van der Waals surface area contributed by atoms with E-state index in [4.69, 9.17) is 4.74 Å². The molecule has 0 radical (unpaired) electrons. The van der Waals surface area contributed by atoms with Gasteiger partial charge in [0.25, 0.3) is 5.91 Å².